The van der Waals surface area contributed by atoms with Gasteiger partial charge in [-0.1, -0.05) is 73.9 Å². The fourth-order valence-corrected chi connectivity index (χ4v) is 6.93. The van der Waals surface area contributed by atoms with Gasteiger partial charge in [-0.25, -0.2) is 0 Å². The predicted octanol–water partition coefficient (Wildman–Crippen LogP) is 8.34. The second kappa shape index (κ2) is 7.39. The first kappa shape index (κ1) is 20.6. The number of rotatable bonds is 3. The van der Waals surface area contributed by atoms with E-state index in [0.29, 0.717) is 5.92 Å². The van der Waals surface area contributed by atoms with Crippen molar-refractivity contribution in [2.75, 3.05) is 6.26 Å². The smallest absolute Gasteiger partial charge is 0.0195 e. The van der Waals surface area contributed by atoms with Crippen LogP contribution in [0, 0.1) is 5.92 Å². The molecule has 3 heteroatoms. The number of hydrogen-bond donors (Lipinski definition) is 0. The Morgan fingerprint density at radius 1 is 1.00 bits per heavy atom. The second-order valence-electron chi connectivity index (χ2n) is 9.74. The Hall–Kier alpha value is -1.29. The van der Waals surface area contributed by atoms with Crippen LogP contribution in [0.5, 0.6) is 0 Å². The first-order valence-corrected chi connectivity index (χ1v) is 14.1. The van der Waals surface area contributed by atoms with Crippen LogP contribution in [-0.4, -0.2) is 6.26 Å². The highest BCUT2D eigenvalue weighted by atomic mass is 33.1. The average Bonchev–Trinajstić information content (AvgIpc) is 2.70. The molecule has 0 atom stereocenters. The van der Waals surface area contributed by atoms with Crippen LogP contribution in [0.3, 0.4) is 0 Å². The van der Waals surface area contributed by atoms with Gasteiger partial charge in [0.15, 0.2) is 0 Å². The third-order valence-electron chi connectivity index (χ3n) is 6.39. The van der Waals surface area contributed by atoms with Gasteiger partial charge in [-0.3, -0.25) is 0 Å². The Labute approximate surface area is 192 Å². The molecule has 0 radical (unpaired) electrons. The Morgan fingerprint density at radius 3 is 2.50 bits per heavy atom. The Kier molecular flexibility index (Phi) is 5.08. The maximum atomic E-state index is 2.47. The van der Waals surface area contributed by atoms with Crippen LogP contribution >= 0.6 is 33.3 Å². The minimum atomic E-state index is 0.125. The highest BCUT2D eigenvalue weighted by molar-refractivity contribution is 8.76. The van der Waals surface area contributed by atoms with Gasteiger partial charge >= 0.3 is 0 Å². The lowest BCUT2D eigenvalue weighted by Crippen LogP contribution is -2.21. The van der Waals surface area contributed by atoms with Crippen molar-refractivity contribution in [1.29, 1.82) is 0 Å². The van der Waals surface area contributed by atoms with E-state index in [1.807, 2.05) is 33.3 Å². The van der Waals surface area contributed by atoms with E-state index < -0.39 is 0 Å². The summed E-state index contributed by atoms with van der Waals surface area (Å²) in [5.74, 6) is 0.572. The lowest BCUT2D eigenvalue weighted by Gasteiger charge is -2.28. The topological polar surface area (TPSA) is 0 Å². The molecule has 3 aromatic carbocycles. The van der Waals surface area contributed by atoms with Crippen LogP contribution in [0.25, 0.3) is 32.5 Å². The van der Waals surface area contributed by atoms with Gasteiger partial charge in [0.25, 0.3) is 0 Å². The molecule has 154 valence electrons. The molecule has 0 unspecified atom stereocenters. The van der Waals surface area contributed by atoms with Gasteiger partial charge in [-0.05, 0) is 102 Å². The normalized spacial score (nSPS) is 16.0. The van der Waals surface area contributed by atoms with Crippen molar-refractivity contribution in [2.24, 2.45) is 5.92 Å². The summed E-state index contributed by atoms with van der Waals surface area (Å²) in [5.41, 5.74) is 7.51. The number of fused-ring (bicyclic) bond motifs is 2. The molecule has 5 rings (SSSR count). The van der Waals surface area contributed by atoms with Gasteiger partial charge < -0.3 is 0 Å². The third-order valence-corrected chi connectivity index (χ3v) is 8.82. The second-order valence-corrected chi connectivity index (χ2v) is 13.0. The van der Waals surface area contributed by atoms with E-state index in [4.69, 9.17) is 0 Å². The molecular formula is C27H28S3. The molecule has 2 aliphatic rings. The lowest BCUT2D eigenvalue weighted by molar-refractivity contribution is 0.591. The molecule has 1 aliphatic carbocycles. The van der Waals surface area contributed by atoms with Crippen molar-refractivity contribution in [3.63, 3.8) is 0 Å². The molecule has 0 aromatic heterocycles. The highest BCUT2D eigenvalue weighted by Gasteiger charge is 2.26. The number of allylic oxidation sites excluding steroid dienone is 3. The zero-order valence-corrected chi connectivity index (χ0v) is 21.0. The maximum absolute atomic E-state index is 2.47. The van der Waals surface area contributed by atoms with E-state index in [1.54, 1.807) is 5.57 Å². The summed E-state index contributed by atoms with van der Waals surface area (Å²) in [6, 6.07) is 9.76. The summed E-state index contributed by atoms with van der Waals surface area (Å²) in [7, 11) is 3.71. The maximum Gasteiger partial charge on any atom is 0.0195 e. The van der Waals surface area contributed by atoms with E-state index in [-0.39, 0.29) is 5.41 Å². The fourth-order valence-electron chi connectivity index (χ4n) is 4.75. The largest absolute Gasteiger partial charge is 0.105 e. The highest BCUT2D eigenvalue weighted by Crippen LogP contribution is 2.44. The van der Waals surface area contributed by atoms with Crippen molar-refractivity contribution in [3.8, 4) is 0 Å². The Morgan fingerprint density at radius 2 is 1.80 bits per heavy atom. The Balaban J connectivity index is 1.97. The molecule has 1 heterocycles. The van der Waals surface area contributed by atoms with Crippen molar-refractivity contribution in [3.05, 3.63) is 63.2 Å². The van der Waals surface area contributed by atoms with Crippen LogP contribution < -0.4 is 5.22 Å². The van der Waals surface area contributed by atoms with Gasteiger partial charge in [-0.2, -0.15) is 0 Å². The van der Waals surface area contributed by atoms with Crippen LogP contribution in [-0.2, 0) is 11.8 Å². The molecule has 3 aromatic rings. The molecule has 0 saturated carbocycles. The van der Waals surface area contributed by atoms with Gasteiger partial charge in [0.2, 0.25) is 0 Å². The zero-order chi connectivity index (χ0) is 21.2. The molecule has 0 amide bonds. The number of benzene rings is 3. The molecule has 0 spiro atoms. The third kappa shape index (κ3) is 3.25. The van der Waals surface area contributed by atoms with Gasteiger partial charge in [0.1, 0.15) is 0 Å². The van der Waals surface area contributed by atoms with Crippen molar-refractivity contribution >= 4 is 65.9 Å². The van der Waals surface area contributed by atoms with Gasteiger partial charge in [0.05, 0.1) is 0 Å². The minimum absolute atomic E-state index is 0.125. The van der Waals surface area contributed by atoms with Crippen LogP contribution in [0.1, 0.15) is 51.3 Å². The lowest BCUT2D eigenvalue weighted by atomic mass is 9.77. The number of thioether (sulfide) groups is 1. The average molecular weight is 449 g/mol. The van der Waals surface area contributed by atoms with E-state index in [0.717, 1.165) is 6.42 Å². The molecule has 0 fully saturated rings. The van der Waals surface area contributed by atoms with Crippen molar-refractivity contribution in [1.82, 2.24) is 0 Å². The standard InChI is InChI=1S/C27H28S3/c1-15(2)16-7-18-13-29-14-24-22-11-19(27(3,4)5)8-17-9-20(30-28-6)12-23(25(17)22)21(10-16)26(18)24/h7-9,11-15H,10H2,1-6H3. The monoisotopic (exact) mass is 448 g/mol. The van der Waals surface area contributed by atoms with Crippen LogP contribution in [0.2, 0.25) is 0 Å². The summed E-state index contributed by atoms with van der Waals surface area (Å²) in [6.07, 6.45) is 5.69. The molecule has 0 N–H and O–H groups in total. The molecular weight excluding hydrogens is 420 g/mol. The zero-order valence-electron chi connectivity index (χ0n) is 18.6. The summed E-state index contributed by atoms with van der Waals surface area (Å²) in [6.45, 7) is 11.6. The Bertz CT molecular complexity index is 1300. The summed E-state index contributed by atoms with van der Waals surface area (Å²) in [4.78, 5) is 1.36. The molecule has 0 saturated heterocycles. The first-order valence-electron chi connectivity index (χ1n) is 10.6. The fraction of sp³-hybridized carbons (Fsp3) is 0.333. The van der Waals surface area contributed by atoms with Crippen molar-refractivity contribution in [2.45, 2.75) is 51.3 Å². The quantitative estimate of drug-likeness (QED) is 0.370. The SMILES string of the molecule is CSSc1cc2cc(C(C)(C)C)cc3c4c5c(c(c1)c23)CC(C(C)C)=CC5=CSC=4. The van der Waals surface area contributed by atoms with Crippen molar-refractivity contribution < 1.29 is 0 Å². The van der Waals surface area contributed by atoms with E-state index in [9.17, 15) is 0 Å². The van der Waals surface area contributed by atoms with Gasteiger partial charge in [0, 0.05) is 4.90 Å². The molecule has 30 heavy (non-hydrogen) atoms. The first-order chi connectivity index (χ1) is 14.3. The summed E-state index contributed by atoms with van der Waals surface area (Å²) >= 11 is 1.84. The summed E-state index contributed by atoms with van der Waals surface area (Å²) in [5, 5.41) is 11.9. The predicted molar refractivity (Wildman–Crippen MR) is 141 cm³/mol. The van der Waals surface area contributed by atoms with Crippen LogP contribution in [0.4, 0.5) is 0 Å². The molecule has 0 nitrogen and oxygen atoms in total. The number of hydrogen-bond acceptors (Lipinski definition) is 3. The van der Waals surface area contributed by atoms with Crippen LogP contribution in [0.15, 0.2) is 46.2 Å². The minimum Gasteiger partial charge on any atom is -0.105 e. The van der Waals surface area contributed by atoms with E-state index >= 15 is 0 Å². The molecule has 1 aliphatic heterocycles. The molecule has 0 bridgehead atoms. The van der Waals surface area contributed by atoms with Gasteiger partial charge in [-0.15, -0.1) is 11.8 Å². The van der Waals surface area contributed by atoms with E-state index in [2.05, 4.69) is 82.0 Å². The summed E-state index contributed by atoms with van der Waals surface area (Å²) < 4.78 is 0. The van der Waals surface area contributed by atoms with E-state index in [1.165, 1.54) is 53.9 Å².